The predicted octanol–water partition coefficient (Wildman–Crippen LogP) is 3.38. The number of ether oxygens (including phenoxy) is 1. The average molecular weight is 245 g/mol. The van der Waals surface area contributed by atoms with E-state index in [9.17, 15) is 4.79 Å². The minimum atomic E-state index is -0.190. The second kappa shape index (κ2) is 5.91. The highest BCUT2D eigenvalue weighted by atomic mass is 35.5. The summed E-state index contributed by atoms with van der Waals surface area (Å²) in [6.45, 7) is 3.79. The van der Waals surface area contributed by atoms with Crippen LogP contribution in [0.4, 0.5) is 0 Å². The van der Waals surface area contributed by atoms with Crippen LogP contribution in [0.2, 0.25) is 10.0 Å². The molecule has 4 heteroatoms. The summed E-state index contributed by atoms with van der Waals surface area (Å²) in [7, 11) is 0. The van der Waals surface area contributed by atoms with Gasteiger partial charge in [0, 0.05) is 10.6 Å². The fourth-order valence-corrected chi connectivity index (χ4v) is 1.42. The Bertz CT molecular complexity index is 375. The molecule has 0 atom stereocenters. The minimum absolute atomic E-state index is 0.0217. The van der Waals surface area contributed by atoms with Crippen molar-refractivity contribution in [1.82, 2.24) is 0 Å². The fraction of sp³-hybridized carbons (Fsp3) is 0.182. The van der Waals surface area contributed by atoms with E-state index in [-0.39, 0.29) is 12.4 Å². The first-order chi connectivity index (χ1) is 7.15. The van der Waals surface area contributed by atoms with Gasteiger partial charge in [0.15, 0.2) is 5.78 Å². The Morgan fingerprint density at radius 3 is 2.87 bits per heavy atom. The van der Waals surface area contributed by atoms with Crippen molar-refractivity contribution >= 4 is 29.0 Å². The summed E-state index contributed by atoms with van der Waals surface area (Å²) < 4.78 is 5.02. The standard InChI is InChI=1S/C11H10Cl2O2/c1-2-5-15-7-11(14)9-6-8(12)3-4-10(9)13/h2-4,6H,1,5,7H2. The van der Waals surface area contributed by atoms with Gasteiger partial charge < -0.3 is 4.74 Å². The molecule has 0 aliphatic carbocycles. The molecule has 0 aliphatic heterocycles. The molecule has 0 N–H and O–H groups in total. The normalized spacial score (nSPS) is 10.0. The van der Waals surface area contributed by atoms with Crippen molar-refractivity contribution in [2.75, 3.05) is 13.2 Å². The lowest BCUT2D eigenvalue weighted by atomic mass is 10.1. The lowest BCUT2D eigenvalue weighted by molar-refractivity contribution is 0.0806. The summed E-state index contributed by atoms with van der Waals surface area (Å²) >= 11 is 11.6. The molecule has 0 amide bonds. The summed E-state index contributed by atoms with van der Waals surface area (Å²) in [5.41, 5.74) is 0.383. The number of hydrogen-bond acceptors (Lipinski definition) is 2. The maximum absolute atomic E-state index is 11.6. The molecule has 2 nitrogen and oxygen atoms in total. The van der Waals surface area contributed by atoms with Crippen LogP contribution in [0.15, 0.2) is 30.9 Å². The maximum Gasteiger partial charge on any atom is 0.190 e. The van der Waals surface area contributed by atoms with E-state index in [4.69, 9.17) is 27.9 Å². The van der Waals surface area contributed by atoms with Crippen LogP contribution in [-0.4, -0.2) is 19.0 Å². The summed E-state index contributed by atoms with van der Waals surface area (Å²) in [5, 5.41) is 0.859. The van der Waals surface area contributed by atoms with E-state index >= 15 is 0 Å². The van der Waals surface area contributed by atoms with Gasteiger partial charge in [0.2, 0.25) is 0 Å². The van der Waals surface area contributed by atoms with Crippen LogP contribution in [0.5, 0.6) is 0 Å². The van der Waals surface area contributed by atoms with Crippen LogP contribution in [0, 0.1) is 0 Å². The molecule has 0 aliphatic rings. The third-order valence-corrected chi connectivity index (χ3v) is 2.26. The van der Waals surface area contributed by atoms with Crippen molar-refractivity contribution in [1.29, 1.82) is 0 Å². The second-order valence-corrected chi connectivity index (χ2v) is 3.69. The number of rotatable bonds is 5. The molecule has 1 aromatic rings. The smallest absolute Gasteiger partial charge is 0.190 e. The van der Waals surface area contributed by atoms with Crippen molar-refractivity contribution in [3.63, 3.8) is 0 Å². The van der Waals surface area contributed by atoms with Gasteiger partial charge in [-0.25, -0.2) is 0 Å². The molecule has 0 aromatic heterocycles. The van der Waals surface area contributed by atoms with Gasteiger partial charge in [-0.1, -0.05) is 29.3 Å². The first-order valence-electron chi connectivity index (χ1n) is 4.32. The Balaban J connectivity index is 2.72. The molecular weight excluding hydrogens is 235 g/mol. The van der Waals surface area contributed by atoms with Crippen molar-refractivity contribution in [3.05, 3.63) is 46.5 Å². The number of carbonyl (C=O) groups is 1. The largest absolute Gasteiger partial charge is 0.369 e. The van der Waals surface area contributed by atoms with Crippen LogP contribution in [0.3, 0.4) is 0 Å². The molecule has 0 saturated heterocycles. The second-order valence-electron chi connectivity index (χ2n) is 2.85. The van der Waals surface area contributed by atoms with E-state index < -0.39 is 0 Å². The topological polar surface area (TPSA) is 26.3 Å². The van der Waals surface area contributed by atoms with E-state index in [1.165, 1.54) is 6.07 Å². The molecule has 0 heterocycles. The molecule has 15 heavy (non-hydrogen) atoms. The van der Waals surface area contributed by atoms with E-state index in [1.54, 1.807) is 18.2 Å². The highest BCUT2D eigenvalue weighted by Gasteiger charge is 2.10. The number of benzene rings is 1. The summed E-state index contributed by atoms with van der Waals surface area (Å²) in [4.78, 5) is 11.6. The average Bonchev–Trinajstić information content (AvgIpc) is 2.22. The van der Waals surface area contributed by atoms with Gasteiger partial charge in [-0.05, 0) is 18.2 Å². The van der Waals surface area contributed by atoms with Crippen molar-refractivity contribution in [3.8, 4) is 0 Å². The molecule has 0 saturated carbocycles. The number of hydrogen-bond donors (Lipinski definition) is 0. The molecule has 1 aromatic carbocycles. The Morgan fingerprint density at radius 2 is 2.20 bits per heavy atom. The van der Waals surface area contributed by atoms with E-state index in [1.807, 2.05) is 0 Å². The molecule has 0 spiro atoms. The summed E-state index contributed by atoms with van der Waals surface area (Å²) in [5.74, 6) is -0.190. The molecule has 0 unspecified atom stereocenters. The van der Waals surface area contributed by atoms with Gasteiger partial charge in [0.25, 0.3) is 0 Å². The van der Waals surface area contributed by atoms with Crippen molar-refractivity contribution in [2.45, 2.75) is 0 Å². The fourth-order valence-electron chi connectivity index (χ4n) is 1.02. The van der Waals surface area contributed by atoms with Crippen molar-refractivity contribution in [2.24, 2.45) is 0 Å². The SMILES string of the molecule is C=CCOCC(=O)c1cc(Cl)ccc1Cl. The van der Waals surface area contributed by atoms with Gasteiger partial charge in [-0.3, -0.25) is 4.79 Å². The Morgan fingerprint density at radius 1 is 1.47 bits per heavy atom. The zero-order valence-electron chi connectivity index (χ0n) is 8.00. The van der Waals surface area contributed by atoms with Crippen LogP contribution in [-0.2, 0) is 4.74 Å². The van der Waals surface area contributed by atoms with Crippen molar-refractivity contribution < 1.29 is 9.53 Å². The van der Waals surface area contributed by atoms with Crippen LogP contribution in [0.25, 0.3) is 0 Å². The lowest BCUT2D eigenvalue weighted by Crippen LogP contribution is -2.09. The van der Waals surface area contributed by atoms with Gasteiger partial charge in [-0.2, -0.15) is 0 Å². The molecule has 80 valence electrons. The first-order valence-corrected chi connectivity index (χ1v) is 5.07. The molecular formula is C11H10Cl2O2. The number of carbonyl (C=O) groups excluding carboxylic acids is 1. The van der Waals surface area contributed by atoms with E-state index in [0.717, 1.165) is 0 Å². The first kappa shape index (κ1) is 12.2. The molecule has 0 bridgehead atoms. The Hall–Kier alpha value is -0.830. The van der Waals surface area contributed by atoms with Crippen LogP contribution < -0.4 is 0 Å². The predicted molar refractivity (Wildman–Crippen MR) is 61.8 cm³/mol. The highest BCUT2D eigenvalue weighted by Crippen LogP contribution is 2.20. The van der Waals surface area contributed by atoms with Crippen LogP contribution >= 0.6 is 23.2 Å². The van der Waals surface area contributed by atoms with Gasteiger partial charge >= 0.3 is 0 Å². The highest BCUT2D eigenvalue weighted by molar-refractivity contribution is 6.35. The quantitative estimate of drug-likeness (QED) is 0.451. The van der Waals surface area contributed by atoms with Gasteiger partial charge in [0.1, 0.15) is 6.61 Å². The van der Waals surface area contributed by atoms with Gasteiger partial charge in [-0.15, -0.1) is 6.58 Å². The maximum atomic E-state index is 11.6. The Kier molecular flexibility index (Phi) is 4.82. The van der Waals surface area contributed by atoms with Gasteiger partial charge in [0.05, 0.1) is 11.6 Å². The minimum Gasteiger partial charge on any atom is -0.369 e. The third-order valence-electron chi connectivity index (χ3n) is 1.70. The summed E-state index contributed by atoms with van der Waals surface area (Å²) in [6.07, 6.45) is 1.58. The Labute approximate surface area is 98.4 Å². The van der Waals surface area contributed by atoms with Crippen LogP contribution in [0.1, 0.15) is 10.4 Å². The monoisotopic (exact) mass is 244 g/mol. The van der Waals surface area contributed by atoms with E-state index in [2.05, 4.69) is 6.58 Å². The third kappa shape index (κ3) is 3.67. The lowest BCUT2D eigenvalue weighted by Gasteiger charge is -2.04. The zero-order valence-corrected chi connectivity index (χ0v) is 9.52. The number of halogens is 2. The summed E-state index contributed by atoms with van der Waals surface area (Å²) in [6, 6.07) is 4.75. The molecule has 0 radical (unpaired) electrons. The zero-order chi connectivity index (χ0) is 11.3. The number of ketones is 1. The molecule has 1 rings (SSSR count). The van der Waals surface area contributed by atoms with E-state index in [0.29, 0.717) is 22.2 Å². The number of Topliss-reactive ketones (excluding diaryl/α,β-unsaturated/α-hetero) is 1. The molecule has 0 fully saturated rings.